The van der Waals surface area contributed by atoms with Gasteiger partial charge in [0.25, 0.3) is 0 Å². The van der Waals surface area contributed by atoms with Crippen molar-refractivity contribution in [2.75, 3.05) is 25.0 Å². The maximum atomic E-state index is 13.7. The topological polar surface area (TPSA) is 60.9 Å². The molecule has 1 unspecified atom stereocenters. The summed E-state index contributed by atoms with van der Waals surface area (Å²) in [6, 6.07) is 5.64. The van der Waals surface area contributed by atoms with Crippen LogP contribution in [0.3, 0.4) is 0 Å². The highest BCUT2D eigenvalue weighted by molar-refractivity contribution is 5.92. The van der Waals surface area contributed by atoms with Gasteiger partial charge in [-0.25, -0.2) is 9.18 Å². The van der Waals surface area contributed by atoms with Crippen LogP contribution in [0.4, 0.5) is 14.9 Å². The van der Waals surface area contributed by atoms with Gasteiger partial charge >= 0.3 is 12.0 Å². The number of likely N-dealkylation sites (tertiary alicyclic amines) is 1. The molecule has 1 N–H and O–H groups in total. The molecule has 0 radical (unpaired) electrons. The van der Waals surface area contributed by atoms with Crippen molar-refractivity contribution in [1.82, 2.24) is 4.90 Å². The molecule has 1 heterocycles. The van der Waals surface area contributed by atoms with E-state index in [1.54, 1.807) is 12.1 Å². The second-order valence-corrected chi connectivity index (χ2v) is 5.40. The SMILES string of the molecule is CCC1(C(=O)O)CCN(C(=O)N(C)c2ccccc2F)C1. The fourth-order valence-electron chi connectivity index (χ4n) is 2.69. The van der Waals surface area contributed by atoms with Crippen LogP contribution in [0.25, 0.3) is 0 Å². The van der Waals surface area contributed by atoms with Crippen LogP contribution in [0.1, 0.15) is 19.8 Å². The number of halogens is 1. The van der Waals surface area contributed by atoms with Crippen LogP contribution >= 0.6 is 0 Å². The van der Waals surface area contributed by atoms with Gasteiger partial charge in [0, 0.05) is 20.1 Å². The van der Waals surface area contributed by atoms with Gasteiger partial charge in [0.2, 0.25) is 0 Å². The smallest absolute Gasteiger partial charge is 0.324 e. The lowest BCUT2D eigenvalue weighted by molar-refractivity contribution is -0.148. The Labute approximate surface area is 123 Å². The molecule has 1 atom stereocenters. The second kappa shape index (κ2) is 5.71. The molecule has 0 aromatic heterocycles. The summed E-state index contributed by atoms with van der Waals surface area (Å²) in [4.78, 5) is 26.5. The maximum absolute atomic E-state index is 13.7. The van der Waals surface area contributed by atoms with E-state index >= 15 is 0 Å². The number of anilines is 1. The first-order valence-corrected chi connectivity index (χ1v) is 6.92. The number of carboxylic acid groups (broad SMARTS) is 1. The minimum absolute atomic E-state index is 0.163. The van der Waals surface area contributed by atoms with E-state index in [-0.39, 0.29) is 18.3 Å². The summed E-state index contributed by atoms with van der Waals surface area (Å²) in [7, 11) is 1.49. The molecule has 114 valence electrons. The summed E-state index contributed by atoms with van der Waals surface area (Å²) >= 11 is 0. The molecule has 0 bridgehead atoms. The van der Waals surface area contributed by atoms with E-state index in [4.69, 9.17) is 0 Å². The number of aliphatic carboxylic acids is 1. The van der Waals surface area contributed by atoms with E-state index in [0.717, 1.165) is 0 Å². The van der Waals surface area contributed by atoms with Crippen LogP contribution in [-0.4, -0.2) is 42.1 Å². The summed E-state index contributed by atoms with van der Waals surface area (Å²) in [6.45, 7) is 2.34. The maximum Gasteiger partial charge on any atom is 0.324 e. The van der Waals surface area contributed by atoms with Crippen molar-refractivity contribution in [2.24, 2.45) is 5.41 Å². The second-order valence-electron chi connectivity index (χ2n) is 5.40. The Morgan fingerprint density at radius 3 is 2.62 bits per heavy atom. The Bertz CT molecular complexity index is 564. The van der Waals surface area contributed by atoms with Crippen LogP contribution in [0.15, 0.2) is 24.3 Å². The molecule has 21 heavy (non-hydrogen) atoms. The number of hydrogen-bond acceptors (Lipinski definition) is 2. The van der Waals surface area contributed by atoms with Gasteiger partial charge in [0.1, 0.15) is 5.82 Å². The van der Waals surface area contributed by atoms with Gasteiger partial charge in [-0.05, 0) is 25.0 Å². The van der Waals surface area contributed by atoms with Crippen LogP contribution in [-0.2, 0) is 4.79 Å². The van der Waals surface area contributed by atoms with Crippen LogP contribution in [0.5, 0.6) is 0 Å². The highest BCUT2D eigenvalue weighted by Gasteiger charge is 2.45. The zero-order valence-electron chi connectivity index (χ0n) is 12.2. The molecule has 0 saturated carbocycles. The predicted molar refractivity (Wildman–Crippen MR) is 76.7 cm³/mol. The fourth-order valence-corrected chi connectivity index (χ4v) is 2.69. The molecular formula is C15H19FN2O3. The third kappa shape index (κ3) is 2.70. The molecule has 0 aliphatic carbocycles. The molecule has 1 fully saturated rings. The number of benzene rings is 1. The van der Waals surface area contributed by atoms with Crippen molar-refractivity contribution >= 4 is 17.7 Å². The quantitative estimate of drug-likeness (QED) is 0.932. The van der Waals surface area contributed by atoms with Crippen LogP contribution in [0, 0.1) is 11.2 Å². The molecule has 1 aromatic carbocycles. The van der Waals surface area contributed by atoms with E-state index in [9.17, 15) is 19.1 Å². The summed E-state index contributed by atoms with van der Waals surface area (Å²) in [5.74, 6) is -1.36. The number of hydrogen-bond donors (Lipinski definition) is 1. The van der Waals surface area contributed by atoms with Crippen LogP contribution < -0.4 is 4.90 Å². The Kier molecular flexibility index (Phi) is 4.16. The van der Waals surface area contributed by atoms with Crippen molar-refractivity contribution in [3.05, 3.63) is 30.1 Å². The Hall–Kier alpha value is -2.11. The number of carboxylic acids is 1. The average Bonchev–Trinajstić information content (AvgIpc) is 2.92. The Morgan fingerprint density at radius 2 is 2.10 bits per heavy atom. The minimum atomic E-state index is -0.883. The number of carbonyl (C=O) groups excluding carboxylic acids is 1. The molecule has 0 spiro atoms. The first-order valence-electron chi connectivity index (χ1n) is 6.92. The average molecular weight is 294 g/mol. The number of para-hydroxylation sites is 1. The van der Waals surface area contributed by atoms with Gasteiger partial charge in [-0.15, -0.1) is 0 Å². The first kappa shape index (κ1) is 15.3. The van der Waals surface area contributed by atoms with E-state index in [1.807, 2.05) is 6.92 Å². The molecule has 5 nitrogen and oxygen atoms in total. The molecule has 1 aromatic rings. The normalized spacial score (nSPS) is 21.4. The molecule has 1 saturated heterocycles. The first-order chi connectivity index (χ1) is 9.91. The number of carbonyl (C=O) groups is 2. The summed E-state index contributed by atoms with van der Waals surface area (Å²) in [5.41, 5.74) is -0.696. The number of urea groups is 1. The Morgan fingerprint density at radius 1 is 1.43 bits per heavy atom. The largest absolute Gasteiger partial charge is 0.481 e. The van der Waals surface area contributed by atoms with Gasteiger partial charge in [-0.2, -0.15) is 0 Å². The van der Waals surface area contributed by atoms with Gasteiger partial charge in [-0.3, -0.25) is 9.69 Å². The van der Waals surface area contributed by atoms with E-state index in [2.05, 4.69) is 0 Å². The van der Waals surface area contributed by atoms with E-state index < -0.39 is 17.2 Å². The van der Waals surface area contributed by atoms with Crippen molar-refractivity contribution in [1.29, 1.82) is 0 Å². The number of nitrogens with zero attached hydrogens (tertiary/aromatic N) is 2. The van der Waals surface area contributed by atoms with Crippen molar-refractivity contribution in [2.45, 2.75) is 19.8 Å². The zero-order chi connectivity index (χ0) is 15.6. The third-order valence-electron chi connectivity index (χ3n) is 4.26. The van der Waals surface area contributed by atoms with Gasteiger partial charge in [0.05, 0.1) is 11.1 Å². The summed E-state index contributed by atoms with van der Waals surface area (Å²) in [5, 5.41) is 9.35. The van der Waals surface area contributed by atoms with Crippen LogP contribution in [0.2, 0.25) is 0 Å². The van der Waals surface area contributed by atoms with Crippen molar-refractivity contribution in [3.8, 4) is 0 Å². The lowest BCUT2D eigenvalue weighted by Gasteiger charge is -2.27. The molecule has 2 amide bonds. The van der Waals surface area contributed by atoms with Gasteiger partial charge < -0.3 is 10.0 Å². The van der Waals surface area contributed by atoms with Gasteiger partial charge in [0.15, 0.2) is 0 Å². The lowest BCUT2D eigenvalue weighted by Crippen LogP contribution is -2.42. The lowest BCUT2D eigenvalue weighted by atomic mass is 9.84. The fraction of sp³-hybridized carbons (Fsp3) is 0.467. The molecule has 1 aliphatic heterocycles. The standard InChI is InChI=1S/C15H19FN2O3/c1-3-15(13(19)20)8-9-18(10-15)14(21)17(2)12-7-5-4-6-11(12)16/h4-7H,3,8-10H2,1-2H3,(H,19,20). The van der Waals surface area contributed by atoms with Crippen molar-refractivity contribution in [3.63, 3.8) is 0 Å². The van der Waals surface area contributed by atoms with Gasteiger partial charge in [-0.1, -0.05) is 19.1 Å². The molecule has 6 heteroatoms. The third-order valence-corrected chi connectivity index (χ3v) is 4.26. The summed E-state index contributed by atoms with van der Waals surface area (Å²) in [6.07, 6.45) is 0.894. The minimum Gasteiger partial charge on any atom is -0.481 e. The predicted octanol–water partition coefficient (Wildman–Crippen LogP) is 2.57. The van der Waals surface area contributed by atoms with Crippen molar-refractivity contribution < 1.29 is 19.1 Å². The number of amides is 2. The highest BCUT2D eigenvalue weighted by Crippen LogP contribution is 2.35. The van der Waals surface area contributed by atoms with E-state index in [0.29, 0.717) is 19.4 Å². The zero-order valence-corrected chi connectivity index (χ0v) is 12.2. The monoisotopic (exact) mass is 294 g/mol. The molecular weight excluding hydrogens is 275 g/mol. The highest BCUT2D eigenvalue weighted by atomic mass is 19.1. The molecule has 1 aliphatic rings. The number of rotatable bonds is 3. The van der Waals surface area contributed by atoms with E-state index in [1.165, 1.54) is 29.0 Å². The summed E-state index contributed by atoms with van der Waals surface area (Å²) < 4.78 is 13.7. The Balaban J connectivity index is 2.15. The molecule has 2 rings (SSSR count).